The highest BCUT2D eigenvalue weighted by molar-refractivity contribution is 7.14. The molecule has 0 aliphatic heterocycles. The summed E-state index contributed by atoms with van der Waals surface area (Å²) in [4.78, 5) is 25.4. The van der Waals surface area contributed by atoms with Crippen molar-refractivity contribution >= 4 is 23.2 Å². The highest BCUT2D eigenvalue weighted by Crippen LogP contribution is 2.28. The lowest BCUT2D eigenvalue weighted by Crippen LogP contribution is -2.35. The summed E-state index contributed by atoms with van der Waals surface area (Å²) < 4.78 is 5.32. The second-order valence-electron chi connectivity index (χ2n) is 4.02. The summed E-state index contributed by atoms with van der Waals surface area (Å²) in [6, 6.07) is 1.62. The predicted octanol–water partition coefficient (Wildman–Crippen LogP) is 2.33. The van der Waals surface area contributed by atoms with Crippen molar-refractivity contribution in [1.29, 1.82) is 0 Å². The minimum absolute atomic E-state index is 0.106. The Balaban J connectivity index is 2.70. The molecule has 6 heteroatoms. The molecule has 0 saturated carbocycles. The smallest absolute Gasteiger partial charge is 0.349 e. The number of carboxylic acid groups (broad SMARTS) is 1. The molecule has 108 valence electrons. The lowest BCUT2D eigenvalue weighted by molar-refractivity contribution is -0.132. The number of hydrogen-bond acceptors (Lipinski definition) is 4. The minimum Gasteiger partial charge on any atom is -0.482 e. The summed E-state index contributed by atoms with van der Waals surface area (Å²) in [5, 5.41) is 9.03. The van der Waals surface area contributed by atoms with E-state index in [1.807, 2.05) is 0 Å². The summed E-state index contributed by atoms with van der Waals surface area (Å²) in [6.07, 6.45) is 3.22. The number of carbonyl (C=O) groups excluding carboxylic acids is 1. The van der Waals surface area contributed by atoms with Crippen molar-refractivity contribution in [2.75, 3.05) is 19.7 Å². The zero-order valence-electron chi connectivity index (χ0n) is 11.3. The van der Waals surface area contributed by atoms with Crippen LogP contribution in [0.3, 0.4) is 0 Å². The molecule has 0 aromatic carbocycles. The first-order valence-corrected chi connectivity index (χ1v) is 6.77. The molecule has 1 rings (SSSR count). The number of aryl methyl sites for hydroxylation is 1. The lowest BCUT2D eigenvalue weighted by atomic mass is 10.4. The molecule has 0 unspecified atom stereocenters. The van der Waals surface area contributed by atoms with Gasteiger partial charge in [-0.1, -0.05) is 12.2 Å². The highest BCUT2D eigenvalue weighted by atomic mass is 32.1. The standard InChI is InChI=1S/C14H17NO4S/c1-4-6-15(7-5-2)12(16)9-19-11-8-10(3)20-13(11)14(17)18/h4-5,8H,1-2,6-7,9H2,3H3,(H,17,18). The number of carbonyl (C=O) groups is 2. The Bertz CT molecular complexity index is 511. The maximum atomic E-state index is 11.9. The lowest BCUT2D eigenvalue weighted by Gasteiger charge is -2.19. The summed E-state index contributed by atoms with van der Waals surface area (Å²) in [6.45, 7) is 9.52. The molecular formula is C14H17NO4S. The number of amides is 1. The van der Waals surface area contributed by atoms with Crippen molar-refractivity contribution in [1.82, 2.24) is 4.90 Å². The van der Waals surface area contributed by atoms with E-state index < -0.39 is 5.97 Å². The minimum atomic E-state index is -1.06. The van der Waals surface area contributed by atoms with E-state index in [1.165, 1.54) is 4.90 Å². The van der Waals surface area contributed by atoms with Gasteiger partial charge >= 0.3 is 5.97 Å². The fourth-order valence-electron chi connectivity index (χ4n) is 1.57. The van der Waals surface area contributed by atoms with Gasteiger partial charge in [-0.05, 0) is 13.0 Å². The van der Waals surface area contributed by atoms with Crippen LogP contribution in [-0.4, -0.2) is 41.6 Å². The van der Waals surface area contributed by atoms with Crippen LogP contribution in [0, 0.1) is 6.92 Å². The van der Waals surface area contributed by atoms with E-state index in [4.69, 9.17) is 9.84 Å². The molecule has 1 heterocycles. The van der Waals surface area contributed by atoms with Crippen LogP contribution in [0.2, 0.25) is 0 Å². The molecule has 0 fully saturated rings. The van der Waals surface area contributed by atoms with Gasteiger partial charge in [0.1, 0.15) is 5.75 Å². The molecule has 0 atom stereocenters. The Morgan fingerprint density at radius 1 is 1.40 bits per heavy atom. The van der Waals surface area contributed by atoms with E-state index in [0.29, 0.717) is 13.1 Å². The third-order valence-corrected chi connectivity index (χ3v) is 3.44. The van der Waals surface area contributed by atoms with E-state index >= 15 is 0 Å². The molecule has 1 aromatic rings. The Morgan fingerprint density at radius 3 is 2.50 bits per heavy atom. The van der Waals surface area contributed by atoms with Crippen molar-refractivity contribution in [2.24, 2.45) is 0 Å². The SMILES string of the molecule is C=CCN(CC=C)C(=O)COc1cc(C)sc1C(=O)O. The first-order valence-electron chi connectivity index (χ1n) is 5.95. The number of carboxylic acids is 1. The monoisotopic (exact) mass is 295 g/mol. The molecule has 0 aliphatic rings. The van der Waals surface area contributed by atoms with Gasteiger partial charge in [-0.2, -0.15) is 0 Å². The second kappa shape index (κ2) is 7.49. The van der Waals surface area contributed by atoms with Crippen LogP contribution in [0.25, 0.3) is 0 Å². The topological polar surface area (TPSA) is 66.8 Å². The zero-order valence-corrected chi connectivity index (χ0v) is 12.1. The average molecular weight is 295 g/mol. The van der Waals surface area contributed by atoms with Gasteiger partial charge in [0.15, 0.2) is 11.5 Å². The first-order chi connectivity index (χ1) is 9.49. The van der Waals surface area contributed by atoms with Crippen LogP contribution in [0.15, 0.2) is 31.4 Å². The van der Waals surface area contributed by atoms with Gasteiger partial charge in [0.05, 0.1) is 0 Å². The van der Waals surface area contributed by atoms with Crippen LogP contribution in [-0.2, 0) is 4.79 Å². The Morgan fingerprint density at radius 2 is 2.00 bits per heavy atom. The number of nitrogens with zero attached hydrogens (tertiary/aromatic N) is 1. The molecule has 1 aromatic heterocycles. The molecule has 0 radical (unpaired) electrons. The summed E-state index contributed by atoms with van der Waals surface area (Å²) in [7, 11) is 0. The molecule has 0 bridgehead atoms. The number of ether oxygens (including phenoxy) is 1. The molecular weight excluding hydrogens is 278 g/mol. The van der Waals surface area contributed by atoms with Gasteiger partial charge in [0.2, 0.25) is 0 Å². The molecule has 1 N–H and O–H groups in total. The Hall–Kier alpha value is -2.08. The van der Waals surface area contributed by atoms with E-state index in [2.05, 4.69) is 13.2 Å². The van der Waals surface area contributed by atoms with Crippen molar-refractivity contribution in [3.63, 3.8) is 0 Å². The summed E-state index contributed by atoms with van der Waals surface area (Å²) in [5.41, 5.74) is 0. The number of thiophene rings is 1. The Kier molecular flexibility index (Phi) is 5.99. The van der Waals surface area contributed by atoms with Gasteiger partial charge in [-0.15, -0.1) is 24.5 Å². The van der Waals surface area contributed by atoms with Gasteiger partial charge < -0.3 is 14.7 Å². The van der Waals surface area contributed by atoms with E-state index in [9.17, 15) is 9.59 Å². The molecule has 0 aliphatic carbocycles. The van der Waals surface area contributed by atoms with E-state index in [-0.39, 0.29) is 23.1 Å². The van der Waals surface area contributed by atoms with Crippen LogP contribution < -0.4 is 4.74 Å². The van der Waals surface area contributed by atoms with E-state index in [0.717, 1.165) is 16.2 Å². The third-order valence-electron chi connectivity index (χ3n) is 2.42. The van der Waals surface area contributed by atoms with Crippen molar-refractivity contribution in [2.45, 2.75) is 6.92 Å². The molecule has 5 nitrogen and oxygen atoms in total. The van der Waals surface area contributed by atoms with Gasteiger partial charge in [-0.3, -0.25) is 4.79 Å². The normalized spacial score (nSPS) is 9.85. The Labute approximate surface area is 121 Å². The number of aromatic carboxylic acids is 1. The number of rotatable bonds is 8. The molecule has 20 heavy (non-hydrogen) atoms. The van der Waals surface area contributed by atoms with Crippen molar-refractivity contribution < 1.29 is 19.4 Å². The van der Waals surface area contributed by atoms with Crippen LogP contribution in [0.4, 0.5) is 0 Å². The predicted molar refractivity (Wildman–Crippen MR) is 78.5 cm³/mol. The number of hydrogen-bond donors (Lipinski definition) is 1. The second-order valence-corrected chi connectivity index (χ2v) is 5.28. The largest absolute Gasteiger partial charge is 0.482 e. The third kappa shape index (κ3) is 4.24. The molecule has 0 saturated heterocycles. The average Bonchev–Trinajstić information content (AvgIpc) is 2.77. The van der Waals surface area contributed by atoms with Crippen LogP contribution in [0.5, 0.6) is 5.75 Å². The van der Waals surface area contributed by atoms with Crippen LogP contribution >= 0.6 is 11.3 Å². The maximum Gasteiger partial charge on any atom is 0.349 e. The summed E-state index contributed by atoms with van der Waals surface area (Å²) >= 11 is 1.12. The van der Waals surface area contributed by atoms with Crippen molar-refractivity contribution in [3.05, 3.63) is 41.1 Å². The summed E-state index contributed by atoms with van der Waals surface area (Å²) in [5.74, 6) is -1.07. The van der Waals surface area contributed by atoms with Gasteiger partial charge in [-0.25, -0.2) is 4.79 Å². The first kappa shape index (κ1) is 16.0. The fraction of sp³-hybridized carbons (Fsp3) is 0.286. The van der Waals surface area contributed by atoms with Crippen LogP contribution in [0.1, 0.15) is 14.5 Å². The maximum absolute atomic E-state index is 11.9. The van der Waals surface area contributed by atoms with Crippen molar-refractivity contribution in [3.8, 4) is 5.75 Å². The van der Waals surface area contributed by atoms with Gasteiger partial charge in [0, 0.05) is 18.0 Å². The van der Waals surface area contributed by atoms with E-state index in [1.54, 1.807) is 25.1 Å². The molecule has 1 amide bonds. The zero-order chi connectivity index (χ0) is 15.1. The van der Waals surface area contributed by atoms with Gasteiger partial charge in [0.25, 0.3) is 5.91 Å². The quantitative estimate of drug-likeness (QED) is 0.747. The highest BCUT2D eigenvalue weighted by Gasteiger charge is 2.18. The molecule has 0 spiro atoms. The fourth-order valence-corrected chi connectivity index (χ4v) is 2.36.